The fourth-order valence-corrected chi connectivity index (χ4v) is 1.98. The lowest BCUT2D eigenvalue weighted by Crippen LogP contribution is -2.11. The number of carbonyl (C=O) groups is 1. The zero-order valence-corrected chi connectivity index (χ0v) is 11.1. The zero-order chi connectivity index (χ0) is 13.2. The lowest BCUT2D eigenvalue weighted by Gasteiger charge is -2.19. The lowest BCUT2D eigenvalue weighted by molar-refractivity contribution is -0.114. The second-order valence-electron chi connectivity index (χ2n) is 4.92. The molecule has 1 aromatic rings. The minimum absolute atomic E-state index is 0.0982. The van der Waals surface area contributed by atoms with Crippen molar-refractivity contribution < 1.29 is 9.18 Å². The van der Waals surface area contributed by atoms with E-state index >= 15 is 0 Å². The first-order valence-corrected chi connectivity index (χ1v) is 5.94. The number of carbonyl (C=O) groups excluding carboxylic acids is 1. The van der Waals surface area contributed by atoms with Crippen molar-refractivity contribution in [1.29, 1.82) is 0 Å². The third kappa shape index (κ3) is 3.05. The maximum atomic E-state index is 14.3. The van der Waals surface area contributed by atoms with E-state index in [4.69, 9.17) is 0 Å². The molecule has 0 heterocycles. The molecule has 0 spiro atoms. The molecule has 1 amide bonds. The van der Waals surface area contributed by atoms with Crippen molar-refractivity contribution in [3.8, 4) is 0 Å². The van der Waals surface area contributed by atoms with Gasteiger partial charge in [-0.25, -0.2) is 4.39 Å². The van der Waals surface area contributed by atoms with Crippen LogP contribution in [0.25, 0.3) is 0 Å². The van der Waals surface area contributed by atoms with E-state index in [0.717, 1.165) is 5.56 Å². The molecular weight excluding hydrogens is 217 g/mol. The smallest absolute Gasteiger partial charge is 0.221 e. The molecule has 0 unspecified atom stereocenters. The summed E-state index contributed by atoms with van der Waals surface area (Å²) >= 11 is 0. The molecule has 1 aromatic carbocycles. The maximum absolute atomic E-state index is 14.3. The van der Waals surface area contributed by atoms with Gasteiger partial charge >= 0.3 is 0 Å². The van der Waals surface area contributed by atoms with E-state index in [0.29, 0.717) is 5.56 Å². The van der Waals surface area contributed by atoms with Crippen LogP contribution in [0.15, 0.2) is 12.1 Å². The molecule has 0 radical (unpaired) electrons. The van der Waals surface area contributed by atoms with Crippen LogP contribution in [0.1, 0.15) is 57.6 Å². The Labute approximate surface area is 102 Å². The summed E-state index contributed by atoms with van der Waals surface area (Å²) in [6.07, 6.45) is 0. The van der Waals surface area contributed by atoms with Gasteiger partial charge in [0, 0.05) is 6.92 Å². The predicted molar refractivity (Wildman–Crippen MR) is 68.9 cm³/mol. The summed E-state index contributed by atoms with van der Waals surface area (Å²) < 4.78 is 14.3. The van der Waals surface area contributed by atoms with Crippen molar-refractivity contribution >= 4 is 11.6 Å². The number of hydrogen-bond acceptors (Lipinski definition) is 1. The molecule has 0 aliphatic carbocycles. The zero-order valence-electron chi connectivity index (χ0n) is 11.1. The van der Waals surface area contributed by atoms with Crippen molar-refractivity contribution in [2.24, 2.45) is 0 Å². The van der Waals surface area contributed by atoms with Crippen LogP contribution in [0.3, 0.4) is 0 Å². The molecule has 0 aliphatic heterocycles. The third-order valence-corrected chi connectivity index (χ3v) is 2.72. The number of amides is 1. The molecule has 0 aromatic heterocycles. The summed E-state index contributed by atoms with van der Waals surface area (Å²) in [6, 6.07) is 3.53. The fraction of sp³-hybridized carbons (Fsp3) is 0.500. The maximum Gasteiger partial charge on any atom is 0.221 e. The van der Waals surface area contributed by atoms with Crippen LogP contribution in [0.2, 0.25) is 0 Å². The minimum atomic E-state index is -0.304. The number of rotatable bonds is 3. The Kier molecular flexibility index (Phi) is 4.27. The van der Waals surface area contributed by atoms with Crippen LogP contribution in [-0.2, 0) is 4.79 Å². The number of hydrogen-bond donors (Lipinski definition) is 1. The first-order chi connectivity index (χ1) is 7.84. The Morgan fingerprint density at radius 2 is 1.76 bits per heavy atom. The molecule has 17 heavy (non-hydrogen) atoms. The van der Waals surface area contributed by atoms with E-state index in [2.05, 4.69) is 5.32 Å². The van der Waals surface area contributed by atoms with Crippen molar-refractivity contribution in [3.63, 3.8) is 0 Å². The SMILES string of the molecule is CC(=O)Nc1ccc(C(C)C)c(C(C)C)c1F. The van der Waals surface area contributed by atoms with Crippen LogP contribution in [0, 0.1) is 5.82 Å². The van der Waals surface area contributed by atoms with Gasteiger partial charge < -0.3 is 5.32 Å². The van der Waals surface area contributed by atoms with Gasteiger partial charge in [-0.05, 0) is 29.0 Å². The molecule has 0 atom stereocenters. The highest BCUT2D eigenvalue weighted by molar-refractivity contribution is 5.89. The molecule has 1 rings (SSSR count). The summed E-state index contributed by atoms with van der Waals surface area (Å²) in [5.41, 5.74) is 1.98. The topological polar surface area (TPSA) is 29.1 Å². The summed E-state index contributed by atoms with van der Waals surface area (Å²) in [7, 11) is 0. The van der Waals surface area contributed by atoms with E-state index in [9.17, 15) is 9.18 Å². The number of benzene rings is 1. The van der Waals surface area contributed by atoms with E-state index in [1.165, 1.54) is 6.92 Å². The predicted octanol–water partition coefficient (Wildman–Crippen LogP) is 4.03. The molecule has 0 bridgehead atoms. The Morgan fingerprint density at radius 1 is 1.18 bits per heavy atom. The Morgan fingerprint density at radius 3 is 2.18 bits per heavy atom. The largest absolute Gasteiger partial charge is 0.324 e. The Bertz CT molecular complexity index is 424. The van der Waals surface area contributed by atoms with Crippen molar-refractivity contribution in [3.05, 3.63) is 29.1 Å². The molecule has 0 saturated heterocycles. The number of halogens is 1. The Balaban J connectivity index is 3.33. The molecule has 0 fully saturated rings. The minimum Gasteiger partial charge on any atom is -0.324 e. The molecule has 0 aliphatic rings. The molecule has 1 N–H and O–H groups in total. The van der Waals surface area contributed by atoms with Gasteiger partial charge in [0.05, 0.1) is 5.69 Å². The summed E-state index contributed by atoms with van der Waals surface area (Å²) in [6.45, 7) is 9.38. The van der Waals surface area contributed by atoms with E-state index < -0.39 is 0 Å². The highest BCUT2D eigenvalue weighted by atomic mass is 19.1. The van der Waals surface area contributed by atoms with Gasteiger partial charge in [0.15, 0.2) is 0 Å². The van der Waals surface area contributed by atoms with E-state index in [1.54, 1.807) is 6.07 Å². The quantitative estimate of drug-likeness (QED) is 0.844. The molecule has 3 heteroatoms. The average molecular weight is 237 g/mol. The van der Waals surface area contributed by atoms with E-state index in [-0.39, 0.29) is 29.2 Å². The number of nitrogens with one attached hydrogen (secondary N) is 1. The van der Waals surface area contributed by atoms with Crippen LogP contribution in [0.4, 0.5) is 10.1 Å². The molecule has 94 valence electrons. The monoisotopic (exact) mass is 237 g/mol. The van der Waals surface area contributed by atoms with Crippen LogP contribution in [0.5, 0.6) is 0 Å². The normalized spacial score (nSPS) is 11.1. The molecular formula is C14H20FNO. The van der Waals surface area contributed by atoms with Crippen molar-refractivity contribution in [2.75, 3.05) is 5.32 Å². The highest BCUT2D eigenvalue weighted by Crippen LogP contribution is 2.32. The van der Waals surface area contributed by atoms with Gasteiger partial charge in [-0.3, -0.25) is 4.79 Å². The molecule has 2 nitrogen and oxygen atoms in total. The van der Waals surface area contributed by atoms with Gasteiger partial charge in [-0.1, -0.05) is 33.8 Å². The third-order valence-electron chi connectivity index (χ3n) is 2.72. The molecule has 0 saturated carbocycles. The van der Waals surface area contributed by atoms with Crippen molar-refractivity contribution in [2.45, 2.75) is 46.5 Å². The second-order valence-corrected chi connectivity index (χ2v) is 4.92. The average Bonchev–Trinajstić information content (AvgIpc) is 2.19. The van der Waals surface area contributed by atoms with E-state index in [1.807, 2.05) is 33.8 Å². The fourth-order valence-electron chi connectivity index (χ4n) is 1.98. The van der Waals surface area contributed by atoms with Crippen LogP contribution < -0.4 is 5.32 Å². The number of anilines is 1. The summed E-state index contributed by atoms with van der Waals surface area (Å²) in [5.74, 6) is -0.188. The van der Waals surface area contributed by atoms with Gasteiger partial charge in [-0.2, -0.15) is 0 Å². The van der Waals surface area contributed by atoms with Gasteiger partial charge in [0.1, 0.15) is 5.82 Å². The van der Waals surface area contributed by atoms with Crippen LogP contribution >= 0.6 is 0 Å². The lowest BCUT2D eigenvalue weighted by atomic mass is 9.89. The first-order valence-electron chi connectivity index (χ1n) is 5.94. The van der Waals surface area contributed by atoms with Crippen molar-refractivity contribution in [1.82, 2.24) is 0 Å². The van der Waals surface area contributed by atoms with Gasteiger partial charge in [0.25, 0.3) is 0 Å². The van der Waals surface area contributed by atoms with Gasteiger partial charge in [-0.15, -0.1) is 0 Å². The van der Waals surface area contributed by atoms with Crippen LogP contribution in [-0.4, -0.2) is 5.91 Å². The highest BCUT2D eigenvalue weighted by Gasteiger charge is 2.18. The van der Waals surface area contributed by atoms with Gasteiger partial charge in [0.2, 0.25) is 5.91 Å². The second kappa shape index (κ2) is 5.30. The first kappa shape index (κ1) is 13.7. The standard InChI is InChI=1S/C14H20FNO/c1-8(2)11-6-7-12(16-10(5)17)14(15)13(11)9(3)4/h6-9H,1-5H3,(H,16,17). The Hall–Kier alpha value is -1.38. The summed E-state index contributed by atoms with van der Waals surface area (Å²) in [4.78, 5) is 11.0. The summed E-state index contributed by atoms with van der Waals surface area (Å²) in [5, 5.41) is 2.52.